The Kier molecular flexibility index (Phi) is 6.44. The Morgan fingerprint density at radius 1 is 0.971 bits per heavy atom. The highest BCUT2D eigenvalue weighted by molar-refractivity contribution is 5.72. The molecule has 0 spiro atoms. The highest BCUT2D eigenvalue weighted by Gasteiger charge is 2.35. The number of benzene rings is 2. The van der Waals surface area contributed by atoms with Crippen molar-refractivity contribution in [2.75, 3.05) is 11.5 Å². The van der Waals surface area contributed by atoms with Gasteiger partial charge in [0, 0.05) is 30.8 Å². The van der Waals surface area contributed by atoms with Gasteiger partial charge in [-0.3, -0.25) is 14.0 Å². The third-order valence-corrected chi connectivity index (χ3v) is 6.37. The number of ether oxygens (including phenoxy) is 1. The third kappa shape index (κ3) is 4.60. The van der Waals surface area contributed by atoms with Gasteiger partial charge in [-0.05, 0) is 30.2 Å². The van der Waals surface area contributed by atoms with Crippen LogP contribution < -0.4 is 10.5 Å². The van der Waals surface area contributed by atoms with Crippen LogP contribution in [0.15, 0.2) is 102 Å². The van der Waals surface area contributed by atoms with Crippen LogP contribution in [0.2, 0.25) is 0 Å². The fourth-order valence-electron chi connectivity index (χ4n) is 4.77. The minimum absolute atomic E-state index is 0.0831. The van der Waals surface area contributed by atoms with Gasteiger partial charge in [0.15, 0.2) is 0 Å². The number of allylic oxidation sites excluding steroid dienone is 1. The largest absolute Gasteiger partial charge is 0.466 e. The minimum atomic E-state index is -0.430. The average Bonchev–Trinajstić information content (AvgIpc) is 3.03. The molecule has 176 valence electrons. The first-order chi connectivity index (χ1) is 17.2. The summed E-state index contributed by atoms with van der Waals surface area (Å²) in [7, 11) is 0. The van der Waals surface area contributed by atoms with Gasteiger partial charge in [-0.1, -0.05) is 72.8 Å². The van der Waals surface area contributed by atoms with Gasteiger partial charge in [-0.2, -0.15) is 0 Å². The Labute approximate surface area is 204 Å². The lowest BCUT2D eigenvalue weighted by atomic mass is 9.80. The zero-order valence-corrected chi connectivity index (χ0v) is 19.6. The molecule has 2 aromatic carbocycles. The molecule has 0 saturated heterocycles. The van der Waals surface area contributed by atoms with Crippen molar-refractivity contribution in [1.29, 1.82) is 0 Å². The number of hydrogen-bond donors (Lipinski definition) is 0. The SMILES string of the molecule is CCOC(=O)C[C@H]1c2c(nc3ccccn3c2=O)N(Cc2ccccc2)C=C[C@@H]1c1ccccc1. The van der Waals surface area contributed by atoms with Crippen LogP contribution in [0.1, 0.15) is 41.9 Å². The summed E-state index contributed by atoms with van der Waals surface area (Å²) in [6, 6.07) is 25.6. The molecular formula is C29H27N3O3. The first kappa shape index (κ1) is 22.6. The smallest absolute Gasteiger partial charge is 0.306 e. The van der Waals surface area contributed by atoms with E-state index in [1.165, 1.54) is 0 Å². The Morgan fingerprint density at radius 3 is 2.43 bits per heavy atom. The van der Waals surface area contributed by atoms with Crippen LogP contribution in [-0.2, 0) is 16.1 Å². The van der Waals surface area contributed by atoms with E-state index in [4.69, 9.17) is 9.72 Å². The average molecular weight is 466 g/mol. The summed E-state index contributed by atoms with van der Waals surface area (Å²) in [6.45, 7) is 2.63. The van der Waals surface area contributed by atoms with Crippen molar-refractivity contribution < 1.29 is 9.53 Å². The summed E-state index contributed by atoms with van der Waals surface area (Å²) in [5.74, 6) is -0.377. The molecule has 0 fully saturated rings. The van der Waals surface area contributed by atoms with E-state index in [-0.39, 0.29) is 23.9 Å². The van der Waals surface area contributed by atoms with Crippen LogP contribution in [0.25, 0.3) is 5.65 Å². The lowest BCUT2D eigenvalue weighted by molar-refractivity contribution is -0.143. The van der Waals surface area contributed by atoms with Crippen molar-refractivity contribution in [1.82, 2.24) is 9.38 Å². The number of carbonyl (C=O) groups is 1. The van der Waals surface area contributed by atoms with Crippen LogP contribution in [0.5, 0.6) is 0 Å². The number of fused-ring (bicyclic) bond motifs is 2. The van der Waals surface area contributed by atoms with E-state index < -0.39 is 5.92 Å². The molecule has 2 atom stereocenters. The van der Waals surface area contributed by atoms with Gasteiger partial charge in [0.05, 0.1) is 18.6 Å². The van der Waals surface area contributed by atoms with Crippen molar-refractivity contribution in [2.45, 2.75) is 31.7 Å². The lowest BCUT2D eigenvalue weighted by Crippen LogP contribution is -2.29. The quantitative estimate of drug-likeness (QED) is 0.373. The number of esters is 1. The monoisotopic (exact) mass is 465 g/mol. The number of aromatic nitrogens is 2. The van der Waals surface area contributed by atoms with Crippen molar-refractivity contribution in [2.24, 2.45) is 0 Å². The first-order valence-electron chi connectivity index (χ1n) is 11.9. The van der Waals surface area contributed by atoms with Crippen LogP contribution in [0, 0.1) is 0 Å². The van der Waals surface area contributed by atoms with Gasteiger partial charge in [-0.25, -0.2) is 4.98 Å². The standard InChI is InChI=1S/C29H27N3O3/c1-2-35-26(33)19-24-23(22-13-7-4-8-14-22)16-18-31(20-21-11-5-3-6-12-21)28-27(24)29(34)32-17-10-9-15-25(32)30-28/h3-18,23-24H,2,19-20H2,1H3/t23-,24-/m1/s1. The molecule has 0 bridgehead atoms. The minimum Gasteiger partial charge on any atom is -0.466 e. The van der Waals surface area contributed by atoms with Crippen molar-refractivity contribution in [3.63, 3.8) is 0 Å². The van der Waals surface area contributed by atoms with Gasteiger partial charge in [0.2, 0.25) is 0 Å². The van der Waals surface area contributed by atoms with E-state index in [2.05, 4.69) is 18.2 Å². The number of carbonyl (C=O) groups excluding carboxylic acids is 1. The molecule has 1 aliphatic rings. The van der Waals surface area contributed by atoms with E-state index in [0.717, 1.165) is 11.1 Å². The number of nitrogens with zero attached hydrogens (tertiary/aromatic N) is 3. The van der Waals surface area contributed by atoms with Crippen molar-refractivity contribution in [3.8, 4) is 0 Å². The highest BCUT2D eigenvalue weighted by Crippen LogP contribution is 2.42. The molecule has 6 nitrogen and oxygen atoms in total. The van der Waals surface area contributed by atoms with Crippen molar-refractivity contribution >= 4 is 17.4 Å². The summed E-state index contributed by atoms with van der Waals surface area (Å²) >= 11 is 0. The summed E-state index contributed by atoms with van der Waals surface area (Å²) in [4.78, 5) is 33.7. The predicted molar refractivity (Wildman–Crippen MR) is 136 cm³/mol. The molecule has 0 amide bonds. The second-order valence-electron chi connectivity index (χ2n) is 8.59. The fraction of sp³-hybridized carbons (Fsp3) is 0.207. The maximum absolute atomic E-state index is 14.0. The summed E-state index contributed by atoms with van der Waals surface area (Å²) in [5, 5.41) is 0. The maximum Gasteiger partial charge on any atom is 0.306 e. The van der Waals surface area contributed by atoms with E-state index in [1.54, 1.807) is 17.5 Å². The Bertz CT molecular complexity index is 1410. The molecular weight excluding hydrogens is 438 g/mol. The molecule has 2 aromatic heterocycles. The van der Waals surface area contributed by atoms with Gasteiger partial charge in [-0.15, -0.1) is 0 Å². The van der Waals surface area contributed by atoms with E-state index >= 15 is 0 Å². The third-order valence-electron chi connectivity index (χ3n) is 6.37. The normalized spacial score (nSPS) is 17.1. The van der Waals surface area contributed by atoms with Crippen molar-refractivity contribution in [3.05, 3.63) is 124 Å². The molecule has 3 heterocycles. The topological polar surface area (TPSA) is 63.9 Å². The first-order valence-corrected chi connectivity index (χ1v) is 11.9. The molecule has 4 aromatic rings. The molecule has 0 unspecified atom stereocenters. The Balaban J connectivity index is 1.73. The second-order valence-corrected chi connectivity index (χ2v) is 8.59. The van der Waals surface area contributed by atoms with Crippen LogP contribution in [0.3, 0.4) is 0 Å². The molecule has 0 saturated carbocycles. The van der Waals surface area contributed by atoms with Gasteiger partial charge >= 0.3 is 5.97 Å². The van der Waals surface area contributed by atoms with Crippen LogP contribution >= 0.6 is 0 Å². The number of anilines is 1. The molecule has 0 radical (unpaired) electrons. The van der Waals surface area contributed by atoms with E-state index in [0.29, 0.717) is 30.2 Å². The lowest BCUT2D eigenvalue weighted by Gasteiger charge is -2.26. The zero-order valence-electron chi connectivity index (χ0n) is 19.6. The Hall–Kier alpha value is -4.19. The summed E-state index contributed by atoms with van der Waals surface area (Å²) in [5.41, 5.74) is 3.05. The summed E-state index contributed by atoms with van der Waals surface area (Å²) < 4.78 is 6.89. The van der Waals surface area contributed by atoms with Gasteiger partial charge < -0.3 is 9.64 Å². The fourth-order valence-corrected chi connectivity index (χ4v) is 4.77. The number of hydrogen-bond acceptors (Lipinski definition) is 5. The van der Waals surface area contributed by atoms with Crippen LogP contribution in [-0.4, -0.2) is 22.0 Å². The van der Waals surface area contributed by atoms with E-state index in [1.807, 2.05) is 77.8 Å². The molecule has 6 heteroatoms. The number of rotatable bonds is 6. The number of pyridine rings is 1. The summed E-state index contributed by atoms with van der Waals surface area (Å²) in [6.07, 6.45) is 5.89. The molecule has 0 N–H and O–H groups in total. The molecule has 5 rings (SSSR count). The maximum atomic E-state index is 14.0. The molecule has 1 aliphatic heterocycles. The van der Waals surface area contributed by atoms with E-state index in [9.17, 15) is 9.59 Å². The zero-order chi connectivity index (χ0) is 24.2. The Morgan fingerprint density at radius 2 is 1.69 bits per heavy atom. The van der Waals surface area contributed by atoms with Gasteiger partial charge in [0.1, 0.15) is 11.5 Å². The highest BCUT2D eigenvalue weighted by atomic mass is 16.5. The van der Waals surface area contributed by atoms with Crippen LogP contribution in [0.4, 0.5) is 5.82 Å². The van der Waals surface area contributed by atoms with Gasteiger partial charge in [0.25, 0.3) is 5.56 Å². The second kappa shape index (κ2) is 9.97. The predicted octanol–water partition coefficient (Wildman–Crippen LogP) is 5.05. The molecule has 0 aliphatic carbocycles. The molecule has 35 heavy (non-hydrogen) atoms.